The van der Waals surface area contributed by atoms with E-state index < -0.39 is 5.91 Å². The summed E-state index contributed by atoms with van der Waals surface area (Å²) in [6.45, 7) is 3.30. The van der Waals surface area contributed by atoms with Gasteiger partial charge < -0.3 is 4.52 Å². The van der Waals surface area contributed by atoms with Gasteiger partial charge in [-0.1, -0.05) is 23.9 Å². The Morgan fingerprint density at radius 3 is 2.83 bits per heavy atom. The molecule has 1 aromatic heterocycles. The molecule has 0 fully saturated rings. The Bertz CT molecular complexity index is 563. The third-order valence-corrected chi connectivity index (χ3v) is 2.16. The van der Waals surface area contributed by atoms with Crippen LogP contribution in [0.1, 0.15) is 11.4 Å². The number of carbonyl (C=O) groups is 1. The Labute approximate surface area is 102 Å². The first-order valence-corrected chi connectivity index (χ1v) is 5.18. The number of anilines is 1. The molecule has 0 aliphatic rings. The molecule has 1 heterocycles. The van der Waals surface area contributed by atoms with Gasteiger partial charge >= 0.3 is 6.01 Å². The molecule has 1 aromatic carbocycles. The Balaban J connectivity index is 2.04. The predicted octanol–water partition coefficient (Wildman–Crippen LogP) is 1.92. The maximum atomic E-state index is 12.7. The Kier molecular flexibility index (Phi) is 3.47. The molecule has 5 nitrogen and oxygen atoms in total. The number of aromatic nitrogens is 2. The van der Waals surface area contributed by atoms with Gasteiger partial charge in [-0.05, 0) is 23.8 Å². The molecular formula is C12H10FN3O2. The highest BCUT2D eigenvalue weighted by molar-refractivity contribution is 5.97. The molecule has 0 aliphatic carbocycles. The second-order valence-corrected chi connectivity index (χ2v) is 3.51. The maximum absolute atomic E-state index is 12.7. The maximum Gasteiger partial charge on any atom is 0.328 e. The highest BCUT2D eigenvalue weighted by atomic mass is 19.1. The van der Waals surface area contributed by atoms with Crippen molar-refractivity contribution in [1.29, 1.82) is 0 Å². The molecule has 2 aromatic rings. The summed E-state index contributed by atoms with van der Waals surface area (Å²) in [7, 11) is 0. The quantitative estimate of drug-likeness (QED) is 0.838. The van der Waals surface area contributed by atoms with Gasteiger partial charge in [-0.15, -0.1) is 0 Å². The normalized spacial score (nSPS) is 10.1. The molecule has 0 bridgehead atoms. The van der Waals surface area contributed by atoms with Crippen LogP contribution in [0.4, 0.5) is 10.4 Å². The highest BCUT2D eigenvalue weighted by Crippen LogP contribution is 2.10. The van der Waals surface area contributed by atoms with Crippen molar-refractivity contribution in [3.63, 3.8) is 0 Å². The second kappa shape index (κ2) is 5.22. The smallest absolute Gasteiger partial charge is 0.315 e. The van der Waals surface area contributed by atoms with Gasteiger partial charge in [-0.2, -0.15) is 4.98 Å². The van der Waals surface area contributed by atoms with Crippen LogP contribution in [0.3, 0.4) is 0 Å². The molecule has 6 heteroatoms. The van der Waals surface area contributed by atoms with Gasteiger partial charge in [0.1, 0.15) is 5.82 Å². The average molecular weight is 247 g/mol. The molecule has 1 amide bonds. The molecular weight excluding hydrogens is 237 g/mol. The zero-order chi connectivity index (χ0) is 13.0. The fraction of sp³-hybridized carbons (Fsp3) is 0.0833. The molecule has 0 spiro atoms. The van der Waals surface area contributed by atoms with Gasteiger partial charge in [0.25, 0.3) is 5.91 Å². The highest BCUT2D eigenvalue weighted by Gasteiger charge is 2.08. The molecule has 0 unspecified atom stereocenters. The van der Waals surface area contributed by atoms with E-state index in [1.165, 1.54) is 12.1 Å². The van der Waals surface area contributed by atoms with E-state index in [0.29, 0.717) is 12.2 Å². The van der Waals surface area contributed by atoms with Crippen molar-refractivity contribution in [3.05, 3.63) is 54.1 Å². The van der Waals surface area contributed by atoms with E-state index in [1.54, 1.807) is 12.1 Å². The summed E-state index contributed by atoms with van der Waals surface area (Å²) in [6, 6.07) is 5.99. The van der Waals surface area contributed by atoms with E-state index in [0.717, 1.165) is 11.6 Å². The summed E-state index contributed by atoms with van der Waals surface area (Å²) < 4.78 is 17.5. The first-order chi connectivity index (χ1) is 8.67. The molecule has 0 atom stereocenters. The van der Waals surface area contributed by atoms with E-state index >= 15 is 0 Å². The van der Waals surface area contributed by atoms with Gasteiger partial charge in [0.15, 0.2) is 5.82 Å². The minimum Gasteiger partial charge on any atom is -0.315 e. The Morgan fingerprint density at radius 2 is 2.17 bits per heavy atom. The summed E-state index contributed by atoms with van der Waals surface area (Å²) in [5.41, 5.74) is 0.846. The number of nitrogens with one attached hydrogen (secondary N) is 1. The van der Waals surface area contributed by atoms with Crippen molar-refractivity contribution < 1.29 is 13.7 Å². The Morgan fingerprint density at radius 1 is 1.44 bits per heavy atom. The number of hydrogen-bond acceptors (Lipinski definition) is 4. The van der Waals surface area contributed by atoms with Crippen molar-refractivity contribution in [3.8, 4) is 0 Å². The van der Waals surface area contributed by atoms with Crippen LogP contribution in [0.15, 0.2) is 41.4 Å². The van der Waals surface area contributed by atoms with Crippen LogP contribution in [0.2, 0.25) is 0 Å². The minimum atomic E-state index is -0.424. The van der Waals surface area contributed by atoms with E-state index in [1.807, 2.05) is 0 Å². The lowest BCUT2D eigenvalue weighted by molar-refractivity contribution is -0.112. The number of benzene rings is 1. The predicted molar refractivity (Wildman–Crippen MR) is 62.3 cm³/mol. The zero-order valence-corrected chi connectivity index (χ0v) is 9.39. The minimum absolute atomic E-state index is 0.0111. The lowest BCUT2D eigenvalue weighted by Gasteiger charge is -1.95. The third kappa shape index (κ3) is 3.00. The first-order valence-electron chi connectivity index (χ1n) is 5.18. The first kappa shape index (κ1) is 12.0. The molecule has 1 N–H and O–H groups in total. The number of halogens is 1. The van der Waals surface area contributed by atoms with Crippen LogP contribution in [0.25, 0.3) is 0 Å². The van der Waals surface area contributed by atoms with E-state index in [4.69, 9.17) is 4.52 Å². The summed E-state index contributed by atoms with van der Waals surface area (Å²) in [5, 5.41) is 6.04. The SMILES string of the molecule is C=CC(=O)Nc1nc(Cc2ccc(F)cc2)no1. The van der Waals surface area contributed by atoms with Crippen LogP contribution in [0, 0.1) is 5.82 Å². The number of hydrogen-bond donors (Lipinski definition) is 1. The lowest BCUT2D eigenvalue weighted by Crippen LogP contribution is -2.07. The second-order valence-electron chi connectivity index (χ2n) is 3.51. The van der Waals surface area contributed by atoms with Gasteiger partial charge in [0.05, 0.1) is 0 Å². The number of carbonyl (C=O) groups excluding carboxylic acids is 1. The van der Waals surface area contributed by atoms with Gasteiger partial charge in [0.2, 0.25) is 0 Å². The van der Waals surface area contributed by atoms with Gasteiger partial charge in [-0.25, -0.2) is 4.39 Å². The van der Waals surface area contributed by atoms with Gasteiger partial charge in [0, 0.05) is 6.42 Å². The van der Waals surface area contributed by atoms with Crippen molar-refractivity contribution in [2.75, 3.05) is 5.32 Å². The van der Waals surface area contributed by atoms with Crippen LogP contribution in [0.5, 0.6) is 0 Å². The topological polar surface area (TPSA) is 68.0 Å². The zero-order valence-electron chi connectivity index (χ0n) is 9.39. The van der Waals surface area contributed by atoms with Crippen molar-refractivity contribution >= 4 is 11.9 Å². The number of amides is 1. The molecule has 0 saturated heterocycles. The van der Waals surface area contributed by atoms with E-state index in [9.17, 15) is 9.18 Å². The summed E-state index contributed by atoms with van der Waals surface area (Å²) in [4.78, 5) is 15.0. The molecule has 0 saturated carbocycles. The molecule has 0 radical (unpaired) electrons. The van der Waals surface area contributed by atoms with Crippen LogP contribution >= 0.6 is 0 Å². The van der Waals surface area contributed by atoms with Crippen LogP contribution in [-0.4, -0.2) is 16.0 Å². The molecule has 2 rings (SSSR count). The summed E-state index contributed by atoms with van der Waals surface area (Å²) in [6.07, 6.45) is 1.50. The molecule has 92 valence electrons. The standard InChI is InChI=1S/C12H10FN3O2/c1-2-11(17)15-12-14-10(16-18-12)7-8-3-5-9(13)6-4-8/h2-6H,1,7H2,(H,14,15,16,17). The number of rotatable bonds is 4. The summed E-state index contributed by atoms with van der Waals surface area (Å²) >= 11 is 0. The molecule has 0 aliphatic heterocycles. The van der Waals surface area contributed by atoms with Crippen molar-refractivity contribution in [1.82, 2.24) is 10.1 Å². The molecule has 18 heavy (non-hydrogen) atoms. The average Bonchev–Trinajstić information content (AvgIpc) is 2.79. The van der Waals surface area contributed by atoms with Crippen LogP contribution < -0.4 is 5.32 Å². The van der Waals surface area contributed by atoms with Crippen LogP contribution in [-0.2, 0) is 11.2 Å². The monoisotopic (exact) mass is 247 g/mol. The third-order valence-electron chi connectivity index (χ3n) is 2.16. The lowest BCUT2D eigenvalue weighted by atomic mass is 10.1. The summed E-state index contributed by atoms with van der Waals surface area (Å²) in [5.74, 6) is -0.321. The van der Waals surface area contributed by atoms with Crippen molar-refractivity contribution in [2.24, 2.45) is 0 Å². The van der Waals surface area contributed by atoms with Crippen molar-refractivity contribution in [2.45, 2.75) is 6.42 Å². The fourth-order valence-corrected chi connectivity index (χ4v) is 1.32. The Hall–Kier alpha value is -2.50. The van der Waals surface area contributed by atoms with E-state index in [2.05, 4.69) is 22.0 Å². The largest absolute Gasteiger partial charge is 0.328 e. The fourth-order valence-electron chi connectivity index (χ4n) is 1.32. The van der Waals surface area contributed by atoms with E-state index in [-0.39, 0.29) is 11.8 Å². The van der Waals surface area contributed by atoms with Gasteiger partial charge in [-0.3, -0.25) is 10.1 Å². The number of nitrogens with zero attached hydrogens (tertiary/aromatic N) is 2.